The Morgan fingerprint density at radius 1 is 1.44 bits per heavy atom. The molecule has 0 saturated heterocycles. The molecule has 3 rings (SSSR count). The minimum atomic E-state index is -0.155. The molecular weight excluding hydrogens is 228 g/mol. The molecule has 1 aromatic rings. The van der Waals surface area contributed by atoms with Crippen molar-refractivity contribution in [2.75, 3.05) is 18.4 Å². The van der Waals surface area contributed by atoms with Crippen LogP contribution in [0.5, 0.6) is 0 Å². The molecule has 4 heteroatoms. The first-order valence-electron chi connectivity index (χ1n) is 6.55. The Labute approximate surface area is 106 Å². The van der Waals surface area contributed by atoms with E-state index in [1.165, 1.54) is 5.56 Å². The smallest absolute Gasteiger partial charge is 0.251 e. The van der Waals surface area contributed by atoms with Gasteiger partial charge in [-0.15, -0.1) is 0 Å². The number of anilines is 1. The Hall–Kier alpha value is -1.55. The van der Waals surface area contributed by atoms with Crippen molar-refractivity contribution < 1.29 is 9.90 Å². The number of fused-ring (bicyclic) bond motifs is 1. The van der Waals surface area contributed by atoms with Crippen LogP contribution in [0.1, 0.15) is 28.8 Å². The third-order valence-electron chi connectivity index (χ3n) is 3.84. The van der Waals surface area contributed by atoms with Crippen LogP contribution >= 0.6 is 0 Å². The van der Waals surface area contributed by atoms with Gasteiger partial charge in [0.2, 0.25) is 0 Å². The van der Waals surface area contributed by atoms with E-state index >= 15 is 0 Å². The number of amides is 1. The lowest BCUT2D eigenvalue weighted by Crippen LogP contribution is -2.38. The SMILES string of the molecule is O=C(NCC1CC(O)C1)c1ccc2c(c1)CCN2. The Morgan fingerprint density at radius 3 is 3.06 bits per heavy atom. The van der Waals surface area contributed by atoms with Crippen LogP contribution in [0.2, 0.25) is 0 Å². The van der Waals surface area contributed by atoms with Gasteiger partial charge >= 0.3 is 0 Å². The van der Waals surface area contributed by atoms with E-state index in [0.717, 1.165) is 37.1 Å². The molecule has 1 aliphatic heterocycles. The number of carbonyl (C=O) groups is 1. The quantitative estimate of drug-likeness (QED) is 0.750. The van der Waals surface area contributed by atoms with Gasteiger partial charge in [0.25, 0.3) is 5.91 Å². The van der Waals surface area contributed by atoms with Crippen LogP contribution in [0.15, 0.2) is 18.2 Å². The minimum absolute atomic E-state index is 0.00825. The van der Waals surface area contributed by atoms with Gasteiger partial charge in [-0.1, -0.05) is 0 Å². The molecule has 1 heterocycles. The summed E-state index contributed by atoms with van der Waals surface area (Å²) >= 11 is 0. The Morgan fingerprint density at radius 2 is 2.28 bits per heavy atom. The predicted octanol–water partition coefficient (Wildman–Crippen LogP) is 1.16. The summed E-state index contributed by atoms with van der Waals surface area (Å²) < 4.78 is 0. The molecule has 0 atom stereocenters. The highest BCUT2D eigenvalue weighted by Gasteiger charge is 2.27. The highest BCUT2D eigenvalue weighted by Crippen LogP contribution is 2.26. The van der Waals surface area contributed by atoms with Gasteiger partial charge < -0.3 is 15.7 Å². The largest absolute Gasteiger partial charge is 0.393 e. The van der Waals surface area contributed by atoms with Gasteiger partial charge in [0, 0.05) is 24.3 Å². The summed E-state index contributed by atoms with van der Waals surface area (Å²) in [5, 5.41) is 15.4. The monoisotopic (exact) mass is 246 g/mol. The molecule has 0 spiro atoms. The van der Waals surface area contributed by atoms with Crippen LogP contribution in [-0.4, -0.2) is 30.2 Å². The van der Waals surface area contributed by atoms with Crippen molar-refractivity contribution in [1.82, 2.24) is 5.32 Å². The Bertz CT molecular complexity index is 467. The molecule has 4 nitrogen and oxygen atoms in total. The van der Waals surface area contributed by atoms with E-state index in [2.05, 4.69) is 10.6 Å². The van der Waals surface area contributed by atoms with E-state index < -0.39 is 0 Å². The van der Waals surface area contributed by atoms with Gasteiger partial charge in [-0.2, -0.15) is 0 Å². The fourth-order valence-corrected chi connectivity index (χ4v) is 2.65. The van der Waals surface area contributed by atoms with E-state index in [1.54, 1.807) is 0 Å². The lowest BCUT2D eigenvalue weighted by atomic mass is 9.82. The second kappa shape index (κ2) is 4.61. The molecular formula is C14H18N2O2. The standard InChI is InChI=1S/C14H18N2O2/c17-12-5-9(6-12)8-16-14(18)11-1-2-13-10(7-11)3-4-15-13/h1-2,7,9,12,15,17H,3-6,8H2,(H,16,18). The Kier molecular flexibility index (Phi) is 2.96. The van der Waals surface area contributed by atoms with Crippen LogP contribution in [0.3, 0.4) is 0 Å². The molecule has 96 valence electrons. The number of aliphatic hydroxyl groups excluding tert-OH is 1. The topological polar surface area (TPSA) is 61.4 Å². The number of aliphatic hydroxyl groups is 1. The predicted molar refractivity (Wildman–Crippen MR) is 69.7 cm³/mol. The highest BCUT2D eigenvalue weighted by atomic mass is 16.3. The summed E-state index contributed by atoms with van der Waals surface area (Å²) in [6.45, 7) is 1.63. The molecule has 2 aliphatic rings. The first-order valence-corrected chi connectivity index (χ1v) is 6.55. The van der Waals surface area contributed by atoms with Crippen LogP contribution < -0.4 is 10.6 Å². The van der Waals surface area contributed by atoms with E-state index in [-0.39, 0.29) is 12.0 Å². The van der Waals surface area contributed by atoms with Crippen molar-refractivity contribution in [2.24, 2.45) is 5.92 Å². The van der Waals surface area contributed by atoms with Crippen LogP contribution in [-0.2, 0) is 6.42 Å². The molecule has 1 aliphatic carbocycles. The van der Waals surface area contributed by atoms with Gasteiger partial charge in [0.05, 0.1) is 6.10 Å². The summed E-state index contributed by atoms with van der Waals surface area (Å²) in [5.74, 6) is 0.436. The maximum atomic E-state index is 12.0. The van der Waals surface area contributed by atoms with Gasteiger partial charge in [-0.25, -0.2) is 0 Å². The fourth-order valence-electron chi connectivity index (χ4n) is 2.65. The molecule has 1 amide bonds. The maximum absolute atomic E-state index is 12.0. The zero-order valence-corrected chi connectivity index (χ0v) is 10.3. The average Bonchev–Trinajstić information content (AvgIpc) is 2.79. The molecule has 1 aromatic carbocycles. The fraction of sp³-hybridized carbons (Fsp3) is 0.500. The van der Waals surface area contributed by atoms with Gasteiger partial charge in [-0.3, -0.25) is 4.79 Å². The van der Waals surface area contributed by atoms with Crippen molar-refractivity contribution in [3.63, 3.8) is 0 Å². The van der Waals surface area contributed by atoms with Gasteiger partial charge in [-0.05, 0) is 48.9 Å². The third-order valence-corrected chi connectivity index (χ3v) is 3.84. The van der Waals surface area contributed by atoms with Crippen LogP contribution in [0.25, 0.3) is 0 Å². The Balaban J connectivity index is 1.58. The van der Waals surface area contributed by atoms with Crippen molar-refractivity contribution in [3.05, 3.63) is 29.3 Å². The lowest BCUT2D eigenvalue weighted by molar-refractivity contribution is 0.0420. The molecule has 18 heavy (non-hydrogen) atoms. The van der Waals surface area contributed by atoms with Crippen molar-refractivity contribution in [2.45, 2.75) is 25.4 Å². The van der Waals surface area contributed by atoms with E-state index in [4.69, 9.17) is 0 Å². The summed E-state index contributed by atoms with van der Waals surface area (Å²) in [5.41, 5.74) is 3.10. The number of rotatable bonds is 3. The number of carbonyl (C=O) groups excluding carboxylic acids is 1. The third kappa shape index (κ3) is 2.20. The number of hydrogen-bond acceptors (Lipinski definition) is 3. The summed E-state index contributed by atoms with van der Waals surface area (Å²) in [6.07, 6.45) is 2.46. The molecule has 0 aromatic heterocycles. The zero-order chi connectivity index (χ0) is 12.5. The van der Waals surface area contributed by atoms with Gasteiger partial charge in [0.1, 0.15) is 0 Å². The first kappa shape index (κ1) is 11.5. The number of benzene rings is 1. The molecule has 0 bridgehead atoms. The minimum Gasteiger partial charge on any atom is -0.393 e. The first-order chi connectivity index (χ1) is 8.72. The van der Waals surface area contributed by atoms with Crippen molar-refractivity contribution >= 4 is 11.6 Å². The molecule has 0 unspecified atom stereocenters. The van der Waals surface area contributed by atoms with Crippen LogP contribution in [0, 0.1) is 5.92 Å². The van der Waals surface area contributed by atoms with E-state index in [1.807, 2.05) is 18.2 Å². The average molecular weight is 246 g/mol. The number of hydrogen-bond donors (Lipinski definition) is 3. The normalized spacial score (nSPS) is 24.9. The van der Waals surface area contributed by atoms with E-state index in [9.17, 15) is 9.90 Å². The summed E-state index contributed by atoms with van der Waals surface area (Å²) in [7, 11) is 0. The molecule has 1 saturated carbocycles. The van der Waals surface area contributed by atoms with Gasteiger partial charge in [0.15, 0.2) is 0 Å². The number of nitrogens with one attached hydrogen (secondary N) is 2. The van der Waals surface area contributed by atoms with Crippen molar-refractivity contribution in [1.29, 1.82) is 0 Å². The molecule has 1 fully saturated rings. The second-order valence-corrected chi connectivity index (χ2v) is 5.25. The van der Waals surface area contributed by atoms with Crippen LogP contribution in [0.4, 0.5) is 5.69 Å². The lowest BCUT2D eigenvalue weighted by Gasteiger charge is -2.31. The zero-order valence-electron chi connectivity index (χ0n) is 10.3. The summed E-state index contributed by atoms with van der Waals surface area (Å²) in [6, 6.07) is 5.81. The molecule has 3 N–H and O–H groups in total. The maximum Gasteiger partial charge on any atom is 0.251 e. The summed E-state index contributed by atoms with van der Waals surface area (Å²) in [4.78, 5) is 12.0. The molecule has 0 radical (unpaired) electrons. The van der Waals surface area contributed by atoms with Crippen molar-refractivity contribution in [3.8, 4) is 0 Å². The van der Waals surface area contributed by atoms with E-state index in [0.29, 0.717) is 12.5 Å². The highest BCUT2D eigenvalue weighted by molar-refractivity contribution is 5.95. The second-order valence-electron chi connectivity index (χ2n) is 5.25.